The summed E-state index contributed by atoms with van der Waals surface area (Å²) in [5, 5.41) is 21.2. The Bertz CT molecular complexity index is 538. The first kappa shape index (κ1) is 14.3. The van der Waals surface area contributed by atoms with Crippen LogP contribution in [0.25, 0.3) is 0 Å². The van der Waals surface area contributed by atoms with Crippen molar-refractivity contribution in [2.45, 2.75) is 37.6 Å². The molecule has 1 fully saturated rings. The lowest BCUT2D eigenvalue weighted by Gasteiger charge is -2.28. The molecular formula is C14H16FNO4. The first-order valence-electron chi connectivity index (χ1n) is 6.45. The van der Waals surface area contributed by atoms with E-state index in [1.807, 2.05) is 0 Å². The van der Waals surface area contributed by atoms with Crippen molar-refractivity contribution in [3.63, 3.8) is 0 Å². The number of carboxylic acids is 1. The topological polar surface area (TPSA) is 86.6 Å². The van der Waals surface area contributed by atoms with Gasteiger partial charge >= 0.3 is 5.97 Å². The summed E-state index contributed by atoms with van der Waals surface area (Å²) in [6, 6.07) is 3.09. The fraction of sp³-hybridized carbons (Fsp3) is 0.429. The van der Waals surface area contributed by atoms with Crippen molar-refractivity contribution in [1.82, 2.24) is 5.32 Å². The molecule has 20 heavy (non-hydrogen) atoms. The average molecular weight is 281 g/mol. The van der Waals surface area contributed by atoms with E-state index in [1.165, 1.54) is 0 Å². The fourth-order valence-electron chi connectivity index (χ4n) is 2.69. The number of amides is 1. The smallest absolute Gasteiger partial charge is 0.305 e. The Morgan fingerprint density at radius 3 is 2.55 bits per heavy atom. The SMILES string of the molecule is O=C(O)CC1(NC(=O)c2cc(F)ccc2O)CCCC1. The maximum absolute atomic E-state index is 13.1. The van der Waals surface area contributed by atoms with Gasteiger partial charge in [-0.15, -0.1) is 0 Å². The number of benzene rings is 1. The Balaban J connectivity index is 2.20. The number of carboxylic acid groups (broad SMARTS) is 1. The minimum atomic E-state index is -0.990. The molecule has 3 N–H and O–H groups in total. The van der Waals surface area contributed by atoms with Crippen molar-refractivity contribution in [2.75, 3.05) is 0 Å². The molecule has 0 bridgehead atoms. The number of hydrogen-bond donors (Lipinski definition) is 3. The van der Waals surface area contributed by atoms with Crippen LogP contribution in [0.2, 0.25) is 0 Å². The van der Waals surface area contributed by atoms with Crippen molar-refractivity contribution in [3.05, 3.63) is 29.6 Å². The second-order valence-electron chi connectivity index (χ2n) is 5.17. The molecule has 0 radical (unpaired) electrons. The molecule has 1 aromatic rings. The van der Waals surface area contributed by atoms with Crippen molar-refractivity contribution < 1.29 is 24.2 Å². The van der Waals surface area contributed by atoms with Gasteiger partial charge < -0.3 is 15.5 Å². The van der Waals surface area contributed by atoms with Crippen LogP contribution < -0.4 is 5.32 Å². The van der Waals surface area contributed by atoms with E-state index in [1.54, 1.807) is 0 Å². The molecule has 0 heterocycles. The summed E-state index contributed by atoms with van der Waals surface area (Å²) in [5.41, 5.74) is -0.983. The molecule has 1 aromatic carbocycles. The first-order valence-corrected chi connectivity index (χ1v) is 6.45. The van der Waals surface area contributed by atoms with Crippen LogP contribution in [-0.4, -0.2) is 27.6 Å². The number of phenols is 1. The highest BCUT2D eigenvalue weighted by molar-refractivity contribution is 5.97. The van der Waals surface area contributed by atoms with Crippen LogP contribution in [0.5, 0.6) is 5.75 Å². The van der Waals surface area contributed by atoms with Gasteiger partial charge in [-0.25, -0.2) is 4.39 Å². The number of phenolic OH excluding ortho intramolecular Hbond substituents is 1. The third kappa shape index (κ3) is 3.07. The lowest BCUT2D eigenvalue weighted by molar-refractivity contribution is -0.138. The third-order valence-electron chi connectivity index (χ3n) is 3.63. The van der Waals surface area contributed by atoms with Crippen molar-refractivity contribution in [3.8, 4) is 5.75 Å². The Morgan fingerprint density at radius 2 is 1.95 bits per heavy atom. The number of rotatable bonds is 4. The largest absolute Gasteiger partial charge is 0.507 e. The van der Waals surface area contributed by atoms with Gasteiger partial charge in [0.05, 0.1) is 17.5 Å². The van der Waals surface area contributed by atoms with Gasteiger partial charge in [-0.1, -0.05) is 12.8 Å². The van der Waals surface area contributed by atoms with Gasteiger partial charge in [-0.2, -0.15) is 0 Å². The normalized spacial score (nSPS) is 16.9. The number of aliphatic carboxylic acids is 1. The lowest BCUT2D eigenvalue weighted by Crippen LogP contribution is -2.47. The Morgan fingerprint density at radius 1 is 1.30 bits per heavy atom. The monoisotopic (exact) mass is 281 g/mol. The van der Waals surface area contributed by atoms with Crippen molar-refractivity contribution >= 4 is 11.9 Å². The predicted molar refractivity (Wildman–Crippen MR) is 69.0 cm³/mol. The highest BCUT2D eigenvalue weighted by Crippen LogP contribution is 2.33. The van der Waals surface area contributed by atoms with Crippen LogP contribution in [0, 0.1) is 5.82 Å². The first-order chi connectivity index (χ1) is 9.42. The van der Waals surface area contributed by atoms with Crippen LogP contribution in [0.3, 0.4) is 0 Å². The molecule has 0 spiro atoms. The van der Waals surface area contributed by atoms with E-state index in [4.69, 9.17) is 5.11 Å². The van der Waals surface area contributed by atoms with Crippen LogP contribution in [0.1, 0.15) is 42.5 Å². The maximum Gasteiger partial charge on any atom is 0.305 e. The fourth-order valence-corrected chi connectivity index (χ4v) is 2.69. The highest BCUT2D eigenvalue weighted by Gasteiger charge is 2.38. The van der Waals surface area contributed by atoms with E-state index in [2.05, 4.69) is 5.32 Å². The van der Waals surface area contributed by atoms with E-state index >= 15 is 0 Å². The average Bonchev–Trinajstić information content (AvgIpc) is 2.79. The van der Waals surface area contributed by atoms with Crippen LogP contribution in [-0.2, 0) is 4.79 Å². The number of hydrogen-bond acceptors (Lipinski definition) is 3. The zero-order valence-electron chi connectivity index (χ0n) is 10.9. The molecule has 6 heteroatoms. The van der Waals surface area contributed by atoms with E-state index in [0.29, 0.717) is 12.8 Å². The minimum Gasteiger partial charge on any atom is -0.507 e. The molecule has 0 atom stereocenters. The Hall–Kier alpha value is -2.11. The maximum atomic E-state index is 13.1. The standard InChI is InChI=1S/C14H16FNO4/c15-9-3-4-11(17)10(7-9)13(20)16-14(8-12(18)19)5-1-2-6-14/h3-4,7,17H,1-2,5-6,8H2,(H,16,20)(H,18,19). The van der Waals surface area contributed by atoms with Crippen molar-refractivity contribution in [1.29, 1.82) is 0 Å². The van der Waals surface area contributed by atoms with Crippen LogP contribution in [0.15, 0.2) is 18.2 Å². The number of nitrogens with one attached hydrogen (secondary N) is 1. The molecule has 0 saturated heterocycles. The van der Waals surface area contributed by atoms with Gasteiger partial charge in [0.1, 0.15) is 11.6 Å². The van der Waals surface area contributed by atoms with E-state index < -0.39 is 23.2 Å². The molecule has 1 aliphatic rings. The van der Waals surface area contributed by atoms with Gasteiger partial charge in [0.25, 0.3) is 5.91 Å². The van der Waals surface area contributed by atoms with E-state index in [0.717, 1.165) is 31.0 Å². The molecule has 5 nitrogen and oxygen atoms in total. The Kier molecular flexibility index (Phi) is 3.92. The predicted octanol–water partition coefficient (Wildman–Crippen LogP) is 2.05. The third-order valence-corrected chi connectivity index (χ3v) is 3.63. The highest BCUT2D eigenvalue weighted by atomic mass is 19.1. The van der Waals surface area contributed by atoms with Gasteiger partial charge in [0, 0.05) is 0 Å². The summed E-state index contributed by atoms with van der Waals surface area (Å²) >= 11 is 0. The second-order valence-corrected chi connectivity index (χ2v) is 5.17. The van der Waals surface area contributed by atoms with Crippen molar-refractivity contribution in [2.24, 2.45) is 0 Å². The van der Waals surface area contributed by atoms with Crippen LogP contribution >= 0.6 is 0 Å². The summed E-state index contributed by atoms with van der Waals surface area (Å²) in [7, 11) is 0. The molecule has 0 aliphatic heterocycles. The van der Waals surface area contributed by atoms with Gasteiger partial charge in [0.15, 0.2) is 0 Å². The summed E-state index contributed by atoms with van der Waals surface area (Å²) in [6.07, 6.45) is 2.64. The molecule has 0 aromatic heterocycles. The lowest BCUT2D eigenvalue weighted by atomic mass is 9.92. The Labute approximate surface area is 115 Å². The molecule has 1 amide bonds. The molecule has 2 rings (SSSR count). The second kappa shape index (κ2) is 5.48. The molecule has 1 aliphatic carbocycles. The molecular weight excluding hydrogens is 265 g/mol. The quantitative estimate of drug-likeness (QED) is 0.788. The molecule has 108 valence electrons. The number of carbonyl (C=O) groups is 2. The van der Waals surface area contributed by atoms with E-state index in [9.17, 15) is 19.1 Å². The number of aromatic hydroxyl groups is 1. The molecule has 1 saturated carbocycles. The zero-order valence-corrected chi connectivity index (χ0v) is 10.9. The minimum absolute atomic E-state index is 0.172. The van der Waals surface area contributed by atoms with Gasteiger partial charge in [0.2, 0.25) is 0 Å². The summed E-state index contributed by atoms with van der Waals surface area (Å²) in [4.78, 5) is 23.1. The van der Waals surface area contributed by atoms with Gasteiger partial charge in [-0.05, 0) is 31.0 Å². The van der Waals surface area contributed by atoms with Gasteiger partial charge in [-0.3, -0.25) is 9.59 Å². The summed E-state index contributed by atoms with van der Waals surface area (Å²) in [5.74, 6) is -2.60. The van der Waals surface area contributed by atoms with Crippen LogP contribution in [0.4, 0.5) is 4.39 Å². The number of carbonyl (C=O) groups excluding carboxylic acids is 1. The summed E-state index contributed by atoms with van der Waals surface area (Å²) in [6.45, 7) is 0. The zero-order chi connectivity index (χ0) is 14.8. The van der Waals surface area contributed by atoms with E-state index in [-0.39, 0.29) is 17.7 Å². The number of halogens is 1. The summed E-state index contributed by atoms with van der Waals surface area (Å²) < 4.78 is 13.1. The molecule has 0 unspecified atom stereocenters.